The van der Waals surface area contributed by atoms with E-state index in [2.05, 4.69) is 5.10 Å². The summed E-state index contributed by atoms with van der Waals surface area (Å²) in [5, 5.41) is 5.43. The van der Waals surface area contributed by atoms with Crippen molar-refractivity contribution in [3.63, 3.8) is 0 Å². The second kappa shape index (κ2) is 4.16. The predicted octanol–water partition coefficient (Wildman–Crippen LogP) is 3.26. The van der Waals surface area contributed by atoms with Crippen molar-refractivity contribution >= 4 is 18.5 Å². The van der Waals surface area contributed by atoms with E-state index in [9.17, 15) is 0 Å². The first kappa shape index (κ1) is 9.70. The van der Waals surface area contributed by atoms with Crippen LogP contribution < -0.4 is 4.44 Å². The lowest BCUT2D eigenvalue weighted by atomic mass is 10.3. The van der Waals surface area contributed by atoms with Crippen LogP contribution in [0.25, 0.3) is 16.5 Å². The summed E-state index contributed by atoms with van der Waals surface area (Å²) in [6.07, 6.45) is 1.67. The normalized spacial score (nSPS) is 11.0. The van der Waals surface area contributed by atoms with E-state index in [1.807, 2.05) is 46.9 Å². The Labute approximate surface area is 97.9 Å². The lowest BCUT2D eigenvalue weighted by Crippen LogP contribution is -2.27. The van der Waals surface area contributed by atoms with Crippen molar-refractivity contribution in [2.75, 3.05) is 0 Å². The molecule has 0 radical (unpaired) electrons. The van der Waals surface area contributed by atoms with Gasteiger partial charge in [-0.15, -0.1) is 0 Å². The summed E-state index contributed by atoms with van der Waals surface area (Å²) in [6.45, 7) is 0. The Kier molecular flexibility index (Phi) is 2.52. The molecule has 0 saturated carbocycles. The third kappa shape index (κ3) is 1.77. The number of para-hydroxylation sites is 1. The average Bonchev–Trinajstić information content (AvgIpc) is 3.01. The maximum Gasteiger partial charge on any atom is 0.353 e. The lowest BCUT2D eigenvalue weighted by Gasteiger charge is -1.85. The highest BCUT2D eigenvalue weighted by molar-refractivity contribution is 7.77. The van der Waals surface area contributed by atoms with Crippen LogP contribution in [0.2, 0.25) is 0 Å². The van der Waals surface area contributed by atoms with Gasteiger partial charge in [0.2, 0.25) is 10.7 Å². The Morgan fingerprint density at radius 1 is 1.12 bits per heavy atom. The lowest BCUT2D eigenvalue weighted by molar-refractivity contribution is -0.584. The molecule has 3 rings (SSSR count). The summed E-state index contributed by atoms with van der Waals surface area (Å²) in [7, 11) is 2.74. The third-order valence-electron chi connectivity index (χ3n) is 2.11. The Morgan fingerprint density at radius 2 is 2.00 bits per heavy atom. The van der Waals surface area contributed by atoms with Gasteiger partial charge in [-0.05, 0) is 27.5 Å². The fourth-order valence-corrected chi connectivity index (χ4v) is 3.49. The molecule has 3 aromatic rings. The summed E-state index contributed by atoms with van der Waals surface area (Å²) in [6, 6.07) is 13.9. The van der Waals surface area contributed by atoms with Crippen molar-refractivity contribution in [2.45, 2.75) is 0 Å². The quantitative estimate of drug-likeness (QED) is 0.695. The second-order valence-corrected chi connectivity index (χ2v) is 5.33. The molecule has 2 aromatic heterocycles. The van der Waals surface area contributed by atoms with Gasteiger partial charge in [0, 0.05) is 17.2 Å². The molecule has 1 aromatic carbocycles. The van der Waals surface area contributed by atoms with Gasteiger partial charge < -0.3 is 4.42 Å². The maximum absolute atomic E-state index is 5.32. The SMILES string of the molecule is c1ccc(-[n+]2nc(-c3ccco3)sp2)cc1. The third-order valence-corrected chi connectivity index (χ3v) is 4.35. The van der Waals surface area contributed by atoms with E-state index in [-0.39, 0.29) is 0 Å². The highest BCUT2D eigenvalue weighted by Gasteiger charge is 2.16. The molecule has 0 bridgehead atoms. The molecule has 78 valence electrons. The molecule has 0 fully saturated rings. The number of benzene rings is 1. The van der Waals surface area contributed by atoms with Gasteiger partial charge in [-0.1, -0.05) is 18.2 Å². The summed E-state index contributed by atoms with van der Waals surface area (Å²) in [5.41, 5.74) is 1.10. The molecule has 0 saturated heterocycles. The van der Waals surface area contributed by atoms with Gasteiger partial charge in [0.1, 0.15) is 0 Å². The molecule has 0 amide bonds. The van der Waals surface area contributed by atoms with Crippen LogP contribution >= 0.6 is 18.5 Å². The van der Waals surface area contributed by atoms with E-state index in [0.29, 0.717) is 0 Å². The van der Waals surface area contributed by atoms with Gasteiger partial charge in [-0.2, -0.15) is 0 Å². The molecule has 3 nitrogen and oxygen atoms in total. The van der Waals surface area contributed by atoms with Crippen LogP contribution in [0.3, 0.4) is 0 Å². The first-order chi connectivity index (χ1) is 7.93. The van der Waals surface area contributed by atoms with E-state index >= 15 is 0 Å². The van der Waals surface area contributed by atoms with Gasteiger partial charge in [0.25, 0.3) is 0 Å². The number of rotatable bonds is 2. The molecule has 0 N–H and O–H groups in total. The van der Waals surface area contributed by atoms with Crippen LogP contribution in [0.1, 0.15) is 0 Å². The van der Waals surface area contributed by atoms with Crippen molar-refractivity contribution in [3.05, 3.63) is 48.7 Å². The van der Waals surface area contributed by atoms with Crippen molar-refractivity contribution in [2.24, 2.45) is 0 Å². The molecule has 0 aliphatic carbocycles. The van der Waals surface area contributed by atoms with E-state index in [4.69, 9.17) is 4.42 Å². The van der Waals surface area contributed by atoms with Crippen molar-refractivity contribution in [3.8, 4) is 16.5 Å². The zero-order valence-electron chi connectivity index (χ0n) is 8.28. The minimum Gasteiger partial charge on any atom is -0.462 e. The number of hydrogen-bond acceptors (Lipinski definition) is 3. The number of hydrogen-bond donors (Lipinski definition) is 0. The zero-order valence-corrected chi connectivity index (χ0v) is 9.99. The van der Waals surface area contributed by atoms with Gasteiger partial charge in [0.15, 0.2) is 5.76 Å². The largest absolute Gasteiger partial charge is 0.462 e. The molecule has 0 atom stereocenters. The molecular formula is C11H8N2OPS+. The van der Waals surface area contributed by atoms with E-state index in [1.165, 1.54) is 0 Å². The minimum absolute atomic E-state index is 0.830. The number of furan rings is 1. The van der Waals surface area contributed by atoms with E-state index < -0.39 is 0 Å². The average molecular weight is 247 g/mol. The van der Waals surface area contributed by atoms with Crippen LogP contribution in [0.4, 0.5) is 0 Å². The molecule has 0 unspecified atom stereocenters. The van der Waals surface area contributed by atoms with Crippen LogP contribution in [0, 0.1) is 0 Å². The van der Waals surface area contributed by atoms with E-state index in [0.717, 1.165) is 24.0 Å². The Bertz CT molecular complexity index is 577. The van der Waals surface area contributed by atoms with Gasteiger partial charge in [-0.3, -0.25) is 0 Å². The van der Waals surface area contributed by atoms with Crippen LogP contribution in [-0.2, 0) is 0 Å². The monoisotopic (exact) mass is 247 g/mol. The molecule has 0 spiro atoms. The maximum atomic E-state index is 5.32. The Hall–Kier alpha value is -1.51. The summed E-state index contributed by atoms with van der Waals surface area (Å²) in [4.78, 5) is 0. The van der Waals surface area contributed by atoms with E-state index in [1.54, 1.807) is 17.2 Å². The Balaban J connectivity index is 2.00. The molecule has 5 heteroatoms. The molecular weight excluding hydrogens is 239 g/mol. The standard InChI is InChI=1S/C11H8N2OPS/c1-2-5-9(6-3-1)13-12-11(16-15-13)10-7-4-8-14-10/h1-8H/q+1. The first-order valence-corrected chi connectivity index (χ1v) is 7.06. The van der Waals surface area contributed by atoms with Crippen molar-refractivity contribution < 1.29 is 8.86 Å². The van der Waals surface area contributed by atoms with Gasteiger partial charge in [0.05, 0.1) is 6.26 Å². The highest BCUT2D eigenvalue weighted by Crippen LogP contribution is 2.25. The number of aromatic nitrogens is 2. The first-order valence-electron chi connectivity index (χ1n) is 4.79. The summed E-state index contributed by atoms with van der Waals surface area (Å²) >= 11 is 0. The predicted molar refractivity (Wildman–Crippen MR) is 63.9 cm³/mol. The van der Waals surface area contributed by atoms with Crippen LogP contribution in [-0.4, -0.2) is 5.10 Å². The summed E-state index contributed by atoms with van der Waals surface area (Å²) < 4.78 is 7.27. The molecule has 2 heterocycles. The number of nitrogens with zero attached hydrogens (tertiary/aromatic N) is 2. The molecule has 0 aliphatic heterocycles. The fraction of sp³-hybridized carbons (Fsp3) is 0. The minimum atomic E-state index is 0.830. The van der Waals surface area contributed by atoms with Gasteiger partial charge >= 0.3 is 7.53 Å². The molecule has 0 aliphatic rings. The highest BCUT2D eigenvalue weighted by atomic mass is 32.5. The Morgan fingerprint density at radius 3 is 2.75 bits per heavy atom. The van der Waals surface area contributed by atoms with Crippen LogP contribution in [0.15, 0.2) is 53.1 Å². The fourth-order valence-electron chi connectivity index (χ4n) is 1.36. The molecule has 16 heavy (non-hydrogen) atoms. The second-order valence-electron chi connectivity index (χ2n) is 3.18. The zero-order chi connectivity index (χ0) is 10.8. The smallest absolute Gasteiger partial charge is 0.353 e. The van der Waals surface area contributed by atoms with Gasteiger partial charge in [-0.25, -0.2) is 0 Å². The van der Waals surface area contributed by atoms with Crippen LogP contribution in [0.5, 0.6) is 0 Å². The van der Waals surface area contributed by atoms with Crippen molar-refractivity contribution in [1.82, 2.24) is 5.10 Å². The van der Waals surface area contributed by atoms with Crippen molar-refractivity contribution in [1.29, 1.82) is 0 Å². The summed E-state index contributed by atoms with van der Waals surface area (Å²) in [5.74, 6) is 0.830. The topological polar surface area (TPSA) is 29.9 Å².